The van der Waals surface area contributed by atoms with Crippen molar-refractivity contribution in [1.29, 1.82) is 0 Å². The number of hydrogen-bond donors (Lipinski definition) is 2. The van der Waals surface area contributed by atoms with Crippen molar-refractivity contribution in [2.75, 3.05) is 12.4 Å². The first-order valence-corrected chi connectivity index (χ1v) is 9.22. The van der Waals surface area contributed by atoms with Crippen LogP contribution in [0.5, 0.6) is 5.75 Å². The number of carbonyl (C=O) groups is 2. The lowest BCUT2D eigenvalue weighted by molar-refractivity contribution is -0.113. The van der Waals surface area contributed by atoms with Gasteiger partial charge in [-0.25, -0.2) is 0 Å². The second-order valence-electron chi connectivity index (χ2n) is 6.11. The third-order valence-corrected chi connectivity index (χ3v) is 4.31. The first-order valence-electron chi connectivity index (χ1n) is 8.84. The molecule has 3 aromatic carbocycles. The summed E-state index contributed by atoms with van der Waals surface area (Å²) in [5.74, 6) is -0.151. The monoisotopic (exact) mass is 406 g/mol. The number of anilines is 1. The molecule has 0 aliphatic heterocycles. The SMILES string of the molecule is COc1ccc(NC(=O)/C(=C/c2ccc(Cl)cc2)NC(=O)c2ccccc2)cc1. The molecule has 0 unspecified atom stereocenters. The molecule has 0 fully saturated rings. The summed E-state index contributed by atoms with van der Waals surface area (Å²) in [4.78, 5) is 25.4. The summed E-state index contributed by atoms with van der Waals surface area (Å²) in [5, 5.41) is 6.05. The van der Waals surface area contributed by atoms with Crippen LogP contribution >= 0.6 is 11.6 Å². The molecule has 0 atom stereocenters. The van der Waals surface area contributed by atoms with Gasteiger partial charge >= 0.3 is 0 Å². The van der Waals surface area contributed by atoms with Gasteiger partial charge in [0.1, 0.15) is 11.4 Å². The second kappa shape index (κ2) is 9.57. The Labute approximate surface area is 174 Å². The first-order chi connectivity index (χ1) is 14.0. The Morgan fingerprint density at radius 1 is 0.897 bits per heavy atom. The molecule has 29 heavy (non-hydrogen) atoms. The number of hydrogen-bond acceptors (Lipinski definition) is 3. The van der Waals surface area contributed by atoms with Crippen molar-refractivity contribution in [3.63, 3.8) is 0 Å². The van der Waals surface area contributed by atoms with Crippen LogP contribution in [0.3, 0.4) is 0 Å². The number of methoxy groups -OCH3 is 1. The van der Waals surface area contributed by atoms with Gasteiger partial charge in [0, 0.05) is 16.3 Å². The summed E-state index contributed by atoms with van der Waals surface area (Å²) < 4.78 is 5.12. The van der Waals surface area contributed by atoms with Crippen LogP contribution in [0, 0.1) is 0 Å². The van der Waals surface area contributed by atoms with E-state index < -0.39 is 5.91 Å². The number of amides is 2. The Balaban J connectivity index is 1.85. The number of halogens is 1. The average Bonchev–Trinajstić information content (AvgIpc) is 2.76. The molecular weight excluding hydrogens is 388 g/mol. The van der Waals surface area contributed by atoms with E-state index >= 15 is 0 Å². The fourth-order valence-corrected chi connectivity index (χ4v) is 2.67. The highest BCUT2D eigenvalue weighted by atomic mass is 35.5. The third-order valence-electron chi connectivity index (χ3n) is 4.06. The molecule has 3 rings (SSSR count). The van der Waals surface area contributed by atoms with Crippen LogP contribution in [0.2, 0.25) is 5.02 Å². The number of benzene rings is 3. The molecule has 0 aromatic heterocycles. The van der Waals surface area contributed by atoms with Crippen molar-refractivity contribution in [2.24, 2.45) is 0 Å². The zero-order chi connectivity index (χ0) is 20.6. The molecule has 6 heteroatoms. The van der Waals surface area contributed by atoms with Crippen LogP contribution in [-0.4, -0.2) is 18.9 Å². The molecule has 5 nitrogen and oxygen atoms in total. The van der Waals surface area contributed by atoms with E-state index in [1.165, 1.54) is 0 Å². The standard InChI is InChI=1S/C23H19ClN2O3/c1-29-20-13-11-19(12-14-20)25-23(28)21(15-16-7-9-18(24)10-8-16)26-22(27)17-5-3-2-4-6-17/h2-15H,1H3,(H,25,28)(H,26,27)/b21-15-. The molecule has 0 saturated heterocycles. The summed E-state index contributed by atoms with van der Waals surface area (Å²) >= 11 is 5.93. The van der Waals surface area contributed by atoms with E-state index in [-0.39, 0.29) is 11.6 Å². The number of carbonyl (C=O) groups excluding carboxylic acids is 2. The van der Waals surface area contributed by atoms with Gasteiger partial charge in [-0.05, 0) is 60.2 Å². The maximum atomic E-state index is 12.9. The predicted octanol–water partition coefficient (Wildman–Crippen LogP) is 4.76. The molecule has 2 N–H and O–H groups in total. The maximum absolute atomic E-state index is 12.9. The van der Waals surface area contributed by atoms with Gasteiger partial charge in [-0.1, -0.05) is 41.9 Å². The second-order valence-corrected chi connectivity index (χ2v) is 6.55. The number of nitrogens with one attached hydrogen (secondary N) is 2. The lowest BCUT2D eigenvalue weighted by atomic mass is 10.1. The highest BCUT2D eigenvalue weighted by molar-refractivity contribution is 6.30. The fourth-order valence-electron chi connectivity index (χ4n) is 2.54. The summed E-state index contributed by atoms with van der Waals surface area (Å²) in [7, 11) is 1.57. The van der Waals surface area contributed by atoms with Gasteiger partial charge in [-0.2, -0.15) is 0 Å². The smallest absolute Gasteiger partial charge is 0.272 e. The van der Waals surface area contributed by atoms with E-state index in [1.54, 1.807) is 86.0 Å². The Kier molecular flexibility index (Phi) is 6.66. The van der Waals surface area contributed by atoms with E-state index in [0.29, 0.717) is 22.0 Å². The normalized spacial score (nSPS) is 10.9. The van der Waals surface area contributed by atoms with E-state index in [0.717, 1.165) is 5.56 Å². The fraction of sp³-hybridized carbons (Fsp3) is 0.0435. The van der Waals surface area contributed by atoms with Crippen LogP contribution in [0.1, 0.15) is 15.9 Å². The van der Waals surface area contributed by atoms with Gasteiger partial charge in [0.15, 0.2) is 0 Å². The lowest BCUT2D eigenvalue weighted by Crippen LogP contribution is -2.30. The highest BCUT2D eigenvalue weighted by Crippen LogP contribution is 2.17. The van der Waals surface area contributed by atoms with Gasteiger partial charge in [-0.3, -0.25) is 9.59 Å². The summed E-state index contributed by atoms with van der Waals surface area (Å²) in [6, 6.07) is 22.5. The van der Waals surface area contributed by atoms with Gasteiger partial charge in [-0.15, -0.1) is 0 Å². The molecule has 0 radical (unpaired) electrons. The Bertz CT molecular complexity index is 1010. The maximum Gasteiger partial charge on any atom is 0.272 e. The van der Waals surface area contributed by atoms with E-state index in [4.69, 9.17) is 16.3 Å². The zero-order valence-corrected chi connectivity index (χ0v) is 16.4. The molecule has 3 aromatic rings. The summed E-state index contributed by atoms with van der Waals surface area (Å²) in [6.45, 7) is 0. The van der Waals surface area contributed by atoms with Crippen molar-refractivity contribution in [1.82, 2.24) is 5.32 Å². The quantitative estimate of drug-likeness (QED) is 0.580. The van der Waals surface area contributed by atoms with Crippen molar-refractivity contribution >= 4 is 35.2 Å². The van der Waals surface area contributed by atoms with Crippen LogP contribution in [0.15, 0.2) is 84.6 Å². The molecular formula is C23H19ClN2O3. The molecule has 0 aliphatic rings. The van der Waals surface area contributed by atoms with Gasteiger partial charge in [0.25, 0.3) is 11.8 Å². The Hall–Kier alpha value is -3.57. The molecule has 0 spiro atoms. The molecule has 0 heterocycles. The van der Waals surface area contributed by atoms with Crippen LogP contribution < -0.4 is 15.4 Å². The Morgan fingerprint density at radius 2 is 1.55 bits per heavy atom. The number of ether oxygens (including phenoxy) is 1. The number of rotatable bonds is 6. The summed E-state index contributed by atoms with van der Waals surface area (Å²) in [5.41, 5.74) is 1.86. The van der Waals surface area contributed by atoms with Crippen molar-refractivity contribution in [2.45, 2.75) is 0 Å². The first kappa shape index (κ1) is 20.2. The minimum atomic E-state index is -0.450. The lowest BCUT2D eigenvalue weighted by Gasteiger charge is -2.12. The molecule has 0 bridgehead atoms. The van der Waals surface area contributed by atoms with Gasteiger partial charge in [0.05, 0.1) is 7.11 Å². The van der Waals surface area contributed by atoms with Crippen molar-refractivity contribution in [3.05, 3.63) is 101 Å². The van der Waals surface area contributed by atoms with Crippen molar-refractivity contribution < 1.29 is 14.3 Å². The minimum Gasteiger partial charge on any atom is -0.497 e. The van der Waals surface area contributed by atoms with E-state index in [9.17, 15) is 9.59 Å². The molecule has 0 saturated carbocycles. The highest BCUT2D eigenvalue weighted by Gasteiger charge is 2.15. The summed E-state index contributed by atoms with van der Waals surface area (Å²) in [6.07, 6.45) is 1.59. The minimum absolute atomic E-state index is 0.108. The molecule has 146 valence electrons. The van der Waals surface area contributed by atoms with Crippen LogP contribution in [0.25, 0.3) is 6.08 Å². The van der Waals surface area contributed by atoms with Gasteiger partial charge in [0.2, 0.25) is 0 Å². The van der Waals surface area contributed by atoms with Crippen LogP contribution in [0.4, 0.5) is 5.69 Å². The topological polar surface area (TPSA) is 67.4 Å². The van der Waals surface area contributed by atoms with Crippen molar-refractivity contribution in [3.8, 4) is 5.75 Å². The third kappa shape index (κ3) is 5.70. The van der Waals surface area contributed by atoms with E-state index in [1.807, 2.05) is 6.07 Å². The largest absolute Gasteiger partial charge is 0.497 e. The Morgan fingerprint density at radius 3 is 2.17 bits per heavy atom. The zero-order valence-electron chi connectivity index (χ0n) is 15.7. The van der Waals surface area contributed by atoms with E-state index in [2.05, 4.69) is 10.6 Å². The van der Waals surface area contributed by atoms with Gasteiger partial charge < -0.3 is 15.4 Å². The average molecular weight is 407 g/mol. The molecule has 2 amide bonds. The molecule has 0 aliphatic carbocycles. The predicted molar refractivity (Wildman–Crippen MR) is 115 cm³/mol. The van der Waals surface area contributed by atoms with Crippen LogP contribution in [-0.2, 0) is 4.79 Å².